The Bertz CT molecular complexity index is 1220. The molecule has 2 aromatic heterocycles. The molecule has 0 bridgehead atoms. The Balaban J connectivity index is 1.87. The van der Waals surface area contributed by atoms with Crippen molar-refractivity contribution in [3.8, 4) is 33.9 Å². The predicted molar refractivity (Wildman–Crippen MR) is 102 cm³/mol. The van der Waals surface area contributed by atoms with Gasteiger partial charge in [0.15, 0.2) is 11.5 Å². The van der Waals surface area contributed by atoms with Crippen LogP contribution in [0, 0.1) is 6.92 Å². The Morgan fingerprint density at radius 3 is 2.52 bits per heavy atom. The highest BCUT2D eigenvalue weighted by molar-refractivity contribution is 5.85. The lowest BCUT2D eigenvalue weighted by molar-refractivity contribution is -0.137. The first-order valence-corrected chi connectivity index (χ1v) is 8.68. The van der Waals surface area contributed by atoms with Gasteiger partial charge in [0.25, 0.3) is 0 Å². The van der Waals surface area contributed by atoms with Crippen molar-refractivity contribution in [1.82, 2.24) is 14.6 Å². The van der Waals surface area contributed by atoms with E-state index in [4.69, 9.17) is 4.74 Å². The van der Waals surface area contributed by atoms with Gasteiger partial charge in [-0.25, -0.2) is 9.50 Å². The van der Waals surface area contributed by atoms with Gasteiger partial charge in [-0.3, -0.25) is 0 Å². The monoisotopic (exact) mass is 399 g/mol. The highest BCUT2D eigenvalue weighted by atomic mass is 19.4. The molecule has 0 radical (unpaired) electrons. The van der Waals surface area contributed by atoms with Crippen LogP contribution in [0.15, 0.2) is 54.9 Å². The molecule has 0 saturated carbocycles. The van der Waals surface area contributed by atoms with Crippen LogP contribution in [0.3, 0.4) is 0 Å². The van der Waals surface area contributed by atoms with Gasteiger partial charge in [0.05, 0.1) is 29.6 Å². The summed E-state index contributed by atoms with van der Waals surface area (Å²) in [5.41, 5.74) is 2.82. The van der Waals surface area contributed by atoms with Crippen LogP contribution in [0.25, 0.3) is 27.9 Å². The molecule has 4 aromatic rings. The van der Waals surface area contributed by atoms with Crippen LogP contribution in [0.5, 0.6) is 11.5 Å². The van der Waals surface area contributed by atoms with Crippen LogP contribution in [-0.4, -0.2) is 26.8 Å². The molecular formula is C21H16F3N3O2. The number of hydrogen-bond acceptors (Lipinski definition) is 4. The molecule has 148 valence electrons. The Hall–Kier alpha value is -3.55. The van der Waals surface area contributed by atoms with Crippen molar-refractivity contribution < 1.29 is 23.0 Å². The third-order valence-electron chi connectivity index (χ3n) is 4.66. The van der Waals surface area contributed by atoms with E-state index in [1.807, 2.05) is 6.92 Å². The van der Waals surface area contributed by atoms with Crippen molar-refractivity contribution in [2.75, 3.05) is 7.11 Å². The molecule has 29 heavy (non-hydrogen) atoms. The number of aromatic hydroxyl groups is 1. The summed E-state index contributed by atoms with van der Waals surface area (Å²) in [6.07, 6.45) is -2.97. The number of ether oxygens (including phenoxy) is 1. The maximum Gasteiger partial charge on any atom is 0.416 e. The van der Waals surface area contributed by atoms with E-state index in [-0.39, 0.29) is 5.75 Å². The minimum Gasteiger partial charge on any atom is -0.504 e. The van der Waals surface area contributed by atoms with E-state index >= 15 is 0 Å². The highest BCUT2D eigenvalue weighted by Crippen LogP contribution is 2.36. The second-order valence-electron chi connectivity index (χ2n) is 6.53. The van der Waals surface area contributed by atoms with Crippen LogP contribution in [0.2, 0.25) is 0 Å². The zero-order valence-electron chi connectivity index (χ0n) is 15.5. The van der Waals surface area contributed by atoms with E-state index in [2.05, 4.69) is 10.1 Å². The number of rotatable bonds is 3. The molecule has 5 nitrogen and oxygen atoms in total. The van der Waals surface area contributed by atoms with E-state index in [0.717, 1.165) is 17.7 Å². The first-order chi connectivity index (χ1) is 13.8. The average molecular weight is 399 g/mol. The fraction of sp³-hybridized carbons (Fsp3) is 0.143. The van der Waals surface area contributed by atoms with Crippen LogP contribution < -0.4 is 4.74 Å². The molecule has 0 spiro atoms. The summed E-state index contributed by atoms with van der Waals surface area (Å²) in [5, 5.41) is 14.5. The number of alkyl halides is 3. The number of phenolic OH excluding ortho intramolecular Hbond substituents is 1. The molecule has 1 N–H and O–H groups in total. The Morgan fingerprint density at radius 2 is 1.83 bits per heavy atom. The molecular weight excluding hydrogens is 383 g/mol. The van der Waals surface area contributed by atoms with Crippen LogP contribution in [0.4, 0.5) is 13.2 Å². The maximum absolute atomic E-state index is 13.1. The molecule has 8 heteroatoms. The molecule has 2 heterocycles. The summed E-state index contributed by atoms with van der Waals surface area (Å²) in [4.78, 5) is 4.26. The molecule has 0 unspecified atom stereocenters. The molecule has 0 amide bonds. The Labute approximate surface area is 164 Å². The second kappa shape index (κ2) is 6.80. The van der Waals surface area contributed by atoms with Crippen molar-refractivity contribution in [1.29, 1.82) is 0 Å². The van der Waals surface area contributed by atoms with Crippen LogP contribution in [0.1, 0.15) is 11.3 Å². The number of methoxy groups -OCH3 is 1. The van der Waals surface area contributed by atoms with Crippen molar-refractivity contribution in [2.45, 2.75) is 13.1 Å². The molecule has 0 saturated heterocycles. The van der Waals surface area contributed by atoms with E-state index < -0.39 is 11.7 Å². The van der Waals surface area contributed by atoms with Gasteiger partial charge < -0.3 is 9.84 Å². The van der Waals surface area contributed by atoms with E-state index in [1.54, 1.807) is 34.8 Å². The van der Waals surface area contributed by atoms with Gasteiger partial charge in [0, 0.05) is 11.1 Å². The topological polar surface area (TPSA) is 59.7 Å². The number of nitrogens with zero attached hydrogens (tertiary/aromatic N) is 3. The van der Waals surface area contributed by atoms with E-state index in [9.17, 15) is 18.3 Å². The number of benzene rings is 2. The lowest BCUT2D eigenvalue weighted by atomic mass is 10.0. The molecule has 2 aromatic carbocycles. The summed E-state index contributed by atoms with van der Waals surface area (Å²) < 4.78 is 45.8. The largest absolute Gasteiger partial charge is 0.504 e. The van der Waals surface area contributed by atoms with Gasteiger partial charge in [-0.1, -0.05) is 18.2 Å². The molecule has 0 atom stereocenters. The van der Waals surface area contributed by atoms with Gasteiger partial charge in [0.2, 0.25) is 0 Å². The Kier molecular flexibility index (Phi) is 4.41. The molecule has 0 aliphatic carbocycles. The van der Waals surface area contributed by atoms with Crippen molar-refractivity contribution >= 4 is 5.52 Å². The van der Waals surface area contributed by atoms with Gasteiger partial charge in [-0.15, -0.1) is 0 Å². The third-order valence-corrected chi connectivity index (χ3v) is 4.66. The quantitative estimate of drug-likeness (QED) is 0.520. The normalized spacial score (nSPS) is 11.8. The average Bonchev–Trinajstić information content (AvgIpc) is 3.02. The van der Waals surface area contributed by atoms with Gasteiger partial charge in [-0.2, -0.15) is 18.3 Å². The zero-order chi connectivity index (χ0) is 20.8. The minimum absolute atomic E-state index is 0.0177. The van der Waals surface area contributed by atoms with Gasteiger partial charge in [-0.05, 0) is 42.8 Å². The SMILES string of the molecule is COc1ccc(-c2c(C)nn3cnc(-c4cccc(C(F)(F)F)c4)cc23)cc1O. The van der Waals surface area contributed by atoms with Crippen LogP contribution in [-0.2, 0) is 6.18 Å². The zero-order valence-corrected chi connectivity index (χ0v) is 15.5. The summed E-state index contributed by atoms with van der Waals surface area (Å²) in [6, 6.07) is 11.7. The fourth-order valence-corrected chi connectivity index (χ4v) is 3.29. The summed E-state index contributed by atoms with van der Waals surface area (Å²) in [7, 11) is 1.46. The summed E-state index contributed by atoms with van der Waals surface area (Å²) in [5.74, 6) is 0.324. The lowest BCUT2D eigenvalue weighted by Crippen LogP contribution is -2.04. The minimum atomic E-state index is -4.43. The lowest BCUT2D eigenvalue weighted by Gasteiger charge is -2.09. The standard InChI is InChI=1S/C21H16F3N3O2/c1-12-20(14-6-7-19(29-2)18(28)9-14)17-10-16(25-11-27(17)26-12)13-4-3-5-15(8-13)21(22,23)24/h3-11,28H,1-2H3. The maximum atomic E-state index is 13.1. The molecule has 4 rings (SSSR count). The fourth-order valence-electron chi connectivity index (χ4n) is 3.29. The first kappa shape index (κ1) is 18.8. The molecule has 0 fully saturated rings. The Morgan fingerprint density at radius 1 is 1.03 bits per heavy atom. The number of aromatic nitrogens is 3. The smallest absolute Gasteiger partial charge is 0.416 e. The molecule has 0 aliphatic rings. The van der Waals surface area contributed by atoms with E-state index in [1.165, 1.54) is 19.5 Å². The van der Waals surface area contributed by atoms with Crippen molar-refractivity contribution in [2.24, 2.45) is 0 Å². The van der Waals surface area contributed by atoms with E-state index in [0.29, 0.717) is 33.8 Å². The van der Waals surface area contributed by atoms with Crippen LogP contribution >= 0.6 is 0 Å². The van der Waals surface area contributed by atoms with Crippen molar-refractivity contribution in [3.05, 3.63) is 66.1 Å². The third kappa shape index (κ3) is 3.37. The summed E-state index contributed by atoms with van der Waals surface area (Å²) in [6.45, 7) is 1.81. The summed E-state index contributed by atoms with van der Waals surface area (Å²) >= 11 is 0. The van der Waals surface area contributed by atoms with Crippen molar-refractivity contribution in [3.63, 3.8) is 0 Å². The van der Waals surface area contributed by atoms with Gasteiger partial charge in [0.1, 0.15) is 6.33 Å². The predicted octanol–water partition coefficient (Wildman–Crippen LogP) is 5.10. The highest BCUT2D eigenvalue weighted by Gasteiger charge is 2.30. The first-order valence-electron chi connectivity index (χ1n) is 8.68. The number of hydrogen-bond donors (Lipinski definition) is 1. The number of phenols is 1. The second-order valence-corrected chi connectivity index (χ2v) is 6.53. The van der Waals surface area contributed by atoms with Gasteiger partial charge >= 0.3 is 6.18 Å². The molecule has 0 aliphatic heterocycles. The number of halogens is 3. The number of aryl methyl sites for hydroxylation is 1. The number of fused-ring (bicyclic) bond motifs is 1.